The third-order valence-corrected chi connectivity index (χ3v) is 3.32. The number of amides is 1. The van der Waals surface area contributed by atoms with Crippen LogP contribution in [0, 0.1) is 5.92 Å². The molecule has 0 atom stereocenters. The van der Waals surface area contributed by atoms with Crippen molar-refractivity contribution in [1.82, 2.24) is 0 Å². The van der Waals surface area contributed by atoms with Crippen molar-refractivity contribution in [2.45, 2.75) is 25.7 Å². The van der Waals surface area contributed by atoms with E-state index < -0.39 is 5.24 Å². The Bertz CT molecular complexity index is 422. The number of hydrogen-bond acceptors (Lipinski definition) is 2. The normalized spacial score (nSPS) is 15.8. The predicted molar refractivity (Wildman–Crippen MR) is 67.2 cm³/mol. The summed E-state index contributed by atoms with van der Waals surface area (Å²) in [7, 11) is 0. The summed E-state index contributed by atoms with van der Waals surface area (Å²) in [6, 6.07) is 6.62. The van der Waals surface area contributed by atoms with Crippen LogP contribution < -0.4 is 5.32 Å². The van der Waals surface area contributed by atoms with Gasteiger partial charge in [0.15, 0.2) is 0 Å². The average molecular weight is 252 g/mol. The number of halogens is 1. The molecule has 0 bridgehead atoms. The molecule has 4 heteroatoms. The van der Waals surface area contributed by atoms with Crippen LogP contribution in [-0.2, 0) is 4.79 Å². The summed E-state index contributed by atoms with van der Waals surface area (Å²) in [4.78, 5) is 22.7. The van der Waals surface area contributed by atoms with E-state index in [2.05, 4.69) is 5.32 Å². The molecular formula is C13H14ClNO2. The number of benzene rings is 1. The lowest BCUT2D eigenvalue weighted by Crippen LogP contribution is -2.20. The van der Waals surface area contributed by atoms with E-state index in [9.17, 15) is 9.59 Å². The summed E-state index contributed by atoms with van der Waals surface area (Å²) >= 11 is 5.34. The Morgan fingerprint density at radius 3 is 2.24 bits per heavy atom. The van der Waals surface area contributed by atoms with Gasteiger partial charge in [-0.1, -0.05) is 12.8 Å². The van der Waals surface area contributed by atoms with Crippen LogP contribution in [0.5, 0.6) is 0 Å². The molecule has 0 aliphatic heterocycles. The molecule has 90 valence electrons. The third-order valence-electron chi connectivity index (χ3n) is 3.11. The highest BCUT2D eigenvalue weighted by Crippen LogP contribution is 2.26. The molecule has 0 unspecified atom stereocenters. The minimum absolute atomic E-state index is 0.0763. The van der Waals surface area contributed by atoms with Crippen LogP contribution in [0.15, 0.2) is 24.3 Å². The van der Waals surface area contributed by atoms with Gasteiger partial charge >= 0.3 is 0 Å². The number of nitrogens with one attached hydrogen (secondary N) is 1. The molecule has 1 aliphatic carbocycles. The molecule has 0 saturated heterocycles. The van der Waals surface area contributed by atoms with E-state index in [4.69, 9.17) is 11.6 Å². The van der Waals surface area contributed by atoms with Gasteiger partial charge in [0.2, 0.25) is 5.91 Å². The van der Waals surface area contributed by atoms with Crippen molar-refractivity contribution in [3.05, 3.63) is 29.8 Å². The van der Waals surface area contributed by atoms with Crippen molar-refractivity contribution in [2.24, 2.45) is 5.92 Å². The zero-order valence-electron chi connectivity index (χ0n) is 9.41. The van der Waals surface area contributed by atoms with Gasteiger partial charge in [0, 0.05) is 17.2 Å². The molecule has 1 saturated carbocycles. The number of carbonyl (C=O) groups is 2. The first kappa shape index (κ1) is 12.1. The number of hydrogen-bond donors (Lipinski definition) is 1. The van der Waals surface area contributed by atoms with Crippen molar-refractivity contribution in [3.63, 3.8) is 0 Å². The van der Waals surface area contributed by atoms with Crippen LogP contribution in [-0.4, -0.2) is 11.1 Å². The first-order valence-corrected chi connectivity index (χ1v) is 6.15. The van der Waals surface area contributed by atoms with Crippen molar-refractivity contribution in [2.75, 3.05) is 5.32 Å². The summed E-state index contributed by atoms with van der Waals surface area (Å²) in [6.07, 6.45) is 4.23. The molecule has 1 aromatic carbocycles. The van der Waals surface area contributed by atoms with Gasteiger partial charge in [0.1, 0.15) is 0 Å². The molecule has 0 aromatic heterocycles. The summed E-state index contributed by atoms with van der Waals surface area (Å²) in [5.74, 6) is 0.219. The Labute approximate surface area is 105 Å². The maximum absolute atomic E-state index is 11.8. The summed E-state index contributed by atoms with van der Waals surface area (Å²) in [6.45, 7) is 0. The molecule has 1 N–H and O–H groups in total. The highest BCUT2D eigenvalue weighted by Gasteiger charge is 2.22. The molecule has 2 rings (SSSR count). The molecule has 3 nitrogen and oxygen atoms in total. The zero-order valence-corrected chi connectivity index (χ0v) is 10.2. The van der Waals surface area contributed by atoms with E-state index in [0.29, 0.717) is 11.3 Å². The molecule has 0 radical (unpaired) electrons. The van der Waals surface area contributed by atoms with E-state index >= 15 is 0 Å². The van der Waals surface area contributed by atoms with Gasteiger partial charge in [0.05, 0.1) is 0 Å². The largest absolute Gasteiger partial charge is 0.326 e. The van der Waals surface area contributed by atoms with Crippen molar-refractivity contribution < 1.29 is 9.59 Å². The maximum atomic E-state index is 11.8. The van der Waals surface area contributed by atoms with Crippen LogP contribution in [0.2, 0.25) is 0 Å². The summed E-state index contributed by atoms with van der Waals surface area (Å²) in [5.41, 5.74) is 1.15. The standard InChI is InChI=1S/C13H14ClNO2/c14-12(16)9-5-7-11(8-6-9)15-13(17)10-3-1-2-4-10/h5-8,10H,1-4H2,(H,15,17). The Kier molecular flexibility index (Phi) is 3.79. The first-order valence-electron chi connectivity index (χ1n) is 5.77. The number of rotatable bonds is 3. The van der Waals surface area contributed by atoms with Crippen LogP contribution in [0.4, 0.5) is 5.69 Å². The van der Waals surface area contributed by atoms with Crippen LogP contribution >= 0.6 is 11.6 Å². The minimum atomic E-state index is -0.487. The van der Waals surface area contributed by atoms with Gasteiger partial charge in [-0.2, -0.15) is 0 Å². The van der Waals surface area contributed by atoms with Gasteiger partial charge in [-0.3, -0.25) is 9.59 Å². The second-order valence-electron chi connectivity index (χ2n) is 4.32. The summed E-state index contributed by atoms with van der Waals surface area (Å²) in [5, 5.41) is 2.37. The lowest BCUT2D eigenvalue weighted by molar-refractivity contribution is -0.119. The Morgan fingerprint density at radius 2 is 1.71 bits per heavy atom. The maximum Gasteiger partial charge on any atom is 0.252 e. The topological polar surface area (TPSA) is 46.2 Å². The second-order valence-corrected chi connectivity index (χ2v) is 4.66. The molecule has 0 spiro atoms. The lowest BCUT2D eigenvalue weighted by Gasteiger charge is -2.10. The van der Waals surface area contributed by atoms with E-state index in [1.165, 1.54) is 0 Å². The van der Waals surface area contributed by atoms with Crippen molar-refractivity contribution in [3.8, 4) is 0 Å². The molecular weight excluding hydrogens is 238 g/mol. The fraction of sp³-hybridized carbons (Fsp3) is 0.385. The van der Waals surface area contributed by atoms with E-state index in [0.717, 1.165) is 25.7 Å². The van der Waals surface area contributed by atoms with E-state index in [1.54, 1.807) is 24.3 Å². The smallest absolute Gasteiger partial charge is 0.252 e. The molecule has 1 fully saturated rings. The molecule has 17 heavy (non-hydrogen) atoms. The van der Waals surface area contributed by atoms with Crippen LogP contribution in [0.3, 0.4) is 0 Å². The second kappa shape index (κ2) is 5.32. The van der Waals surface area contributed by atoms with Crippen LogP contribution in [0.25, 0.3) is 0 Å². The van der Waals surface area contributed by atoms with Crippen LogP contribution in [0.1, 0.15) is 36.0 Å². The van der Waals surface area contributed by atoms with Gasteiger partial charge in [-0.25, -0.2) is 0 Å². The van der Waals surface area contributed by atoms with Gasteiger partial charge in [-0.05, 0) is 48.7 Å². The molecule has 1 amide bonds. The predicted octanol–water partition coefficient (Wildman–Crippen LogP) is 3.19. The number of anilines is 1. The SMILES string of the molecule is O=C(Cl)c1ccc(NC(=O)C2CCCC2)cc1. The quantitative estimate of drug-likeness (QED) is 0.839. The Balaban J connectivity index is 1.98. The number of carbonyl (C=O) groups excluding carboxylic acids is 2. The average Bonchev–Trinajstić information content (AvgIpc) is 2.83. The van der Waals surface area contributed by atoms with E-state index in [-0.39, 0.29) is 11.8 Å². The Morgan fingerprint density at radius 1 is 1.12 bits per heavy atom. The monoisotopic (exact) mass is 251 g/mol. The fourth-order valence-electron chi connectivity index (χ4n) is 2.12. The molecule has 1 aromatic rings. The van der Waals surface area contributed by atoms with E-state index in [1.807, 2.05) is 0 Å². The highest BCUT2D eigenvalue weighted by atomic mass is 35.5. The molecule has 1 aliphatic rings. The third kappa shape index (κ3) is 3.07. The molecule has 0 heterocycles. The van der Waals surface area contributed by atoms with Crippen molar-refractivity contribution in [1.29, 1.82) is 0 Å². The van der Waals surface area contributed by atoms with Crippen molar-refractivity contribution >= 4 is 28.4 Å². The fourth-order valence-corrected chi connectivity index (χ4v) is 2.24. The van der Waals surface area contributed by atoms with Gasteiger partial charge in [-0.15, -0.1) is 0 Å². The minimum Gasteiger partial charge on any atom is -0.326 e. The van der Waals surface area contributed by atoms with Gasteiger partial charge < -0.3 is 5.32 Å². The lowest BCUT2D eigenvalue weighted by atomic mass is 10.1. The Hall–Kier alpha value is -1.35. The zero-order chi connectivity index (χ0) is 12.3. The summed E-state index contributed by atoms with van der Waals surface area (Å²) < 4.78 is 0. The highest BCUT2D eigenvalue weighted by molar-refractivity contribution is 6.67. The first-order chi connectivity index (χ1) is 8.16. The van der Waals surface area contributed by atoms with Gasteiger partial charge in [0.25, 0.3) is 5.24 Å².